The second-order valence-corrected chi connectivity index (χ2v) is 5.40. The summed E-state index contributed by atoms with van der Waals surface area (Å²) >= 11 is 4.94. The smallest absolute Gasteiger partial charge is 0.0742 e. The highest BCUT2D eigenvalue weighted by Gasteiger charge is 2.22. The summed E-state index contributed by atoms with van der Waals surface area (Å²) in [4.78, 5) is 5.40. The van der Waals surface area contributed by atoms with Crippen LogP contribution in [0.3, 0.4) is 0 Å². The van der Waals surface area contributed by atoms with Crippen LogP contribution in [0, 0.1) is 5.92 Å². The Bertz CT molecular complexity index is 220. The van der Waals surface area contributed by atoms with Crippen LogP contribution in [0.5, 0.6) is 0 Å². The Balaban J connectivity index is 2.28. The van der Waals surface area contributed by atoms with Gasteiger partial charge in [0.05, 0.1) is 4.99 Å². The fraction of sp³-hybridized carbons (Fsp3) is 0.909. The zero-order chi connectivity index (χ0) is 11.4. The van der Waals surface area contributed by atoms with Gasteiger partial charge in [0, 0.05) is 25.6 Å². The molecule has 1 saturated heterocycles. The van der Waals surface area contributed by atoms with Gasteiger partial charge in [-0.05, 0) is 39.9 Å². The van der Waals surface area contributed by atoms with E-state index in [1.807, 2.05) is 0 Å². The Morgan fingerprint density at radius 3 is 2.80 bits per heavy atom. The van der Waals surface area contributed by atoms with Crippen molar-refractivity contribution in [1.82, 2.24) is 9.80 Å². The predicted octanol–water partition coefficient (Wildman–Crippen LogP) is 0.935. The summed E-state index contributed by atoms with van der Waals surface area (Å²) in [6.07, 6.45) is 2.15. The Morgan fingerprint density at radius 1 is 1.67 bits per heavy atom. The number of hydrogen-bond acceptors (Lipinski definition) is 3. The first-order valence-corrected chi connectivity index (χ1v) is 6.07. The molecule has 15 heavy (non-hydrogen) atoms. The summed E-state index contributed by atoms with van der Waals surface area (Å²) in [5.41, 5.74) is 5.56. The van der Waals surface area contributed by atoms with Crippen LogP contribution in [0.15, 0.2) is 0 Å². The number of nitrogens with zero attached hydrogens (tertiary/aromatic N) is 2. The first kappa shape index (κ1) is 12.9. The molecule has 0 bridgehead atoms. The number of nitrogens with two attached hydrogens (primary N) is 1. The molecule has 1 aliphatic heterocycles. The zero-order valence-electron chi connectivity index (χ0n) is 10.1. The van der Waals surface area contributed by atoms with Gasteiger partial charge in [-0.15, -0.1) is 0 Å². The van der Waals surface area contributed by atoms with E-state index in [4.69, 9.17) is 18.0 Å². The second kappa shape index (κ2) is 5.77. The third-order valence-electron chi connectivity index (χ3n) is 3.28. The maximum Gasteiger partial charge on any atom is 0.0742 e. The van der Waals surface area contributed by atoms with Gasteiger partial charge in [0.15, 0.2) is 0 Å². The van der Waals surface area contributed by atoms with Crippen molar-refractivity contribution in [2.75, 3.05) is 33.7 Å². The van der Waals surface area contributed by atoms with Crippen molar-refractivity contribution in [2.24, 2.45) is 11.7 Å². The van der Waals surface area contributed by atoms with Gasteiger partial charge in [0.2, 0.25) is 0 Å². The minimum absolute atomic E-state index is 0.466. The van der Waals surface area contributed by atoms with Gasteiger partial charge in [-0.25, -0.2) is 0 Å². The van der Waals surface area contributed by atoms with E-state index in [2.05, 4.69) is 30.8 Å². The first-order valence-electron chi connectivity index (χ1n) is 5.66. The van der Waals surface area contributed by atoms with Crippen molar-refractivity contribution in [2.45, 2.75) is 25.8 Å². The third kappa shape index (κ3) is 4.45. The normalized spacial score (nSPS) is 24.7. The molecule has 0 radical (unpaired) electrons. The zero-order valence-corrected chi connectivity index (χ0v) is 10.9. The lowest BCUT2D eigenvalue weighted by Crippen LogP contribution is -2.36. The van der Waals surface area contributed by atoms with E-state index in [1.165, 1.54) is 19.5 Å². The minimum atomic E-state index is 0.466. The third-order valence-corrected chi connectivity index (χ3v) is 3.45. The molecule has 4 heteroatoms. The summed E-state index contributed by atoms with van der Waals surface area (Å²) in [6.45, 7) is 5.82. The quantitative estimate of drug-likeness (QED) is 0.711. The van der Waals surface area contributed by atoms with Gasteiger partial charge in [-0.1, -0.05) is 12.2 Å². The van der Waals surface area contributed by atoms with Crippen molar-refractivity contribution < 1.29 is 0 Å². The number of hydrogen-bond donors (Lipinski definition) is 1. The summed E-state index contributed by atoms with van der Waals surface area (Å²) in [7, 11) is 4.36. The van der Waals surface area contributed by atoms with E-state index in [0.717, 1.165) is 18.9 Å². The summed E-state index contributed by atoms with van der Waals surface area (Å²) in [6, 6.07) is 0.466. The van der Waals surface area contributed by atoms with Gasteiger partial charge in [0.25, 0.3) is 0 Å². The molecule has 1 heterocycles. The molecule has 0 aliphatic carbocycles. The second-order valence-electron chi connectivity index (χ2n) is 4.88. The molecule has 0 aromatic carbocycles. The molecule has 0 amide bonds. The molecular weight excluding hydrogens is 206 g/mol. The molecule has 1 aliphatic rings. The monoisotopic (exact) mass is 229 g/mol. The van der Waals surface area contributed by atoms with Crippen LogP contribution in [0.25, 0.3) is 0 Å². The Hall–Kier alpha value is -0.190. The first-order chi connectivity index (χ1) is 6.99. The Labute approximate surface area is 98.6 Å². The fourth-order valence-corrected chi connectivity index (χ4v) is 2.45. The van der Waals surface area contributed by atoms with E-state index < -0.39 is 0 Å². The number of rotatable bonds is 5. The van der Waals surface area contributed by atoms with Crippen molar-refractivity contribution in [3.63, 3.8) is 0 Å². The highest BCUT2D eigenvalue weighted by molar-refractivity contribution is 7.80. The molecule has 0 aromatic rings. The lowest BCUT2D eigenvalue weighted by atomic mass is 10.1. The van der Waals surface area contributed by atoms with Crippen molar-refractivity contribution in [3.05, 3.63) is 0 Å². The van der Waals surface area contributed by atoms with E-state index in [9.17, 15) is 0 Å². The van der Waals surface area contributed by atoms with Crippen molar-refractivity contribution in [3.8, 4) is 0 Å². The highest BCUT2D eigenvalue weighted by Crippen LogP contribution is 2.16. The maximum atomic E-state index is 5.56. The standard InChI is InChI=1S/C11H23N3S/c1-9(6-11(12)15)14(3)8-10-4-5-13(2)7-10/h9-10H,4-8H2,1-3H3,(H2,12,15). The van der Waals surface area contributed by atoms with Crippen LogP contribution < -0.4 is 5.73 Å². The van der Waals surface area contributed by atoms with E-state index in [0.29, 0.717) is 11.0 Å². The summed E-state index contributed by atoms with van der Waals surface area (Å²) in [5.74, 6) is 0.814. The molecule has 2 atom stereocenters. The van der Waals surface area contributed by atoms with Crippen LogP contribution >= 0.6 is 12.2 Å². The van der Waals surface area contributed by atoms with Gasteiger partial charge < -0.3 is 15.5 Å². The number of thiocarbonyl (C=S) groups is 1. The average molecular weight is 229 g/mol. The SMILES string of the molecule is CC(CC(N)=S)N(C)CC1CCN(C)C1. The fourth-order valence-electron chi connectivity index (χ4n) is 2.21. The molecule has 88 valence electrons. The highest BCUT2D eigenvalue weighted by atomic mass is 32.1. The molecule has 1 rings (SSSR count). The van der Waals surface area contributed by atoms with Gasteiger partial charge in [-0.3, -0.25) is 0 Å². The lowest BCUT2D eigenvalue weighted by molar-refractivity contribution is 0.222. The lowest BCUT2D eigenvalue weighted by Gasteiger charge is -2.27. The molecule has 3 nitrogen and oxygen atoms in total. The van der Waals surface area contributed by atoms with Crippen LogP contribution in [-0.2, 0) is 0 Å². The summed E-state index contributed by atoms with van der Waals surface area (Å²) in [5, 5.41) is 0. The van der Waals surface area contributed by atoms with Crippen molar-refractivity contribution in [1.29, 1.82) is 0 Å². The van der Waals surface area contributed by atoms with Crippen LogP contribution in [0.2, 0.25) is 0 Å². The molecular formula is C11H23N3S. The predicted molar refractivity (Wildman–Crippen MR) is 69.1 cm³/mol. The minimum Gasteiger partial charge on any atom is -0.393 e. The summed E-state index contributed by atoms with van der Waals surface area (Å²) < 4.78 is 0. The molecule has 0 saturated carbocycles. The largest absolute Gasteiger partial charge is 0.393 e. The molecule has 2 unspecified atom stereocenters. The maximum absolute atomic E-state index is 5.56. The average Bonchev–Trinajstić information content (AvgIpc) is 2.50. The van der Waals surface area contributed by atoms with E-state index >= 15 is 0 Å². The van der Waals surface area contributed by atoms with E-state index in [-0.39, 0.29) is 0 Å². The van der Waals surface area contributed by atoms with Crippen LogP contribution in [-0.4, -0.2) is 54.6 Å². The molecule has 0 aromatic heterocycles. The van der Waals surface area contributed by atoms with Gasteiger partial charge in [-0.2, -0.15) is 0 Å². The molecule has 1 fully saturated rings. The van der Waals surface area contributed by atoms with Crippen LogP contribution in [0.1, 0.15) is 19.8 Å². The van der Waals surface area contributed by atoms with Gasteiger partial charge in [0.1, 0.15) is 0 Å². The Morgan fingerprint density at radius 2 is 2.33 bits per heavy atom. The van der Waals surface area contributed by atoms with E-state index in [1.54, 1.807) is 0 Å². The molecule has 2 N–H and O–H groups in total. The van der Waals surface area contributed by atoms with Gasteiger partial charge >= 0.3 is 0 Å². The van der Waals surface area contributed by atoms with Crippen molar-refractivity contribution >= 4 is 17.2 Å². The topological polar surface area (TPSA) is 32.5 Å². The molecule has 0 spiro atoms. The number of likely N-dealkylation sites (tertiary alicyclic amines) is 1. The van der Waals surface area contributed by atoms with Crippen LogP contribution in [0.4, 0.5) is 0 Å². The Kier molecular flexibility index (Phi) is 4.96.